The summed E-state index contributed by atoms with van der Waals surface area (Å²) in [5.41, 5.74) is 0.583. The predicted octanol–water partition coefficient (Wildman–Crippen LogP) is 5.00. The molecule has 1 amide bonds. The first-order valence-corrected chi connectivity index (χ1v) is 12.7. The number of aliphatic hydroxyl groups is 1. The van der Waals surface area contributed by atoms with E-state index in [1.54, 1.807) is 19.9 Å². The molecule has 3 aromatic carbocycles. The van der Waals surface area contributed by atoms with Crippen molar-refractivity contribution in [3.8, 4) is 17.2 Å². The summed E-state index contributed by atoms with van der Waals surface area (Å²) < 4.78 is 17.6. The van der Waals surface area contributed by atoms with Crippen molar-refractivity contribution in [1.29, 1.82) is 0 Å². The zero-order chi connectivity index (χ0) is 28.1. The Morgan fingerprint density at radius 2 is 1.87 bits per heavy atom. The molecule has 1 heterocycles. The van der Waals surface area contributed by atoms with E-state index in [-0.39, 0.29) is 47.3 Å². The van der Waals surface area contributed by atoms with Crippen LogP contribution >= 0.6 is 0 Å². The molecule has 8 heteroatoms. The number of aliphatic hydroxyl groups excluding tert-OH is 1. The lowest BCUT2D eigenvalue weighted by Gasteiger charge is -2.28. The van der Waals surface area contributed by atoms with E-state index in [9.17, 15) is 19.5 Å². The summed E-state index contributed by atoms with van der Waals surface area (Å²) in [4.78, 5) is 39.7. The Hall–Kier alpha value is -4.59. The number of aryl methyl sites for hydroxylation is 1. The second-order valence-electron chi connectivity index (χ2n) is 9.74. The number of nitrogens with one attached hydrogen (secondary N) is 1. The van der Waals surface area contributed by atoms with Crippen LogP contribution in [0, 0.1) is 6.92 Å². The number of ketones is 2. The highest BCUT2D eigenvalue weighted by atomic mass is 16.5. The monoisotopic (exact) mass is 527 g/mol. The third-order valence-corrected chi connectivity index (χ3v) is 7.42. The van der Waals surface area contributed by atoms with Gasteiger partial charge in [-0.05, 0) is 49.6 Å². The highest BCUT2D eigenvalue weighted by Crippen LogP contribution is 2.56. The summed E-state index contributed by atoms with van der Waals surface area (Å²) in [5.74, 6) is -1.49. The lowest BCUT2D eigenvalue weighted by atomic mass is 9.71. The van der Waals surface area contributed by atoms with Crippen LogP contribution < -0.4 is 19.5 Å². The number of rotatable bonds is 7. The van der Waals surface area contributed by atoms with E-state index in [0.29, 0.717) is 5.56 Å². The van der Waals surface area contributed by atoms with Gasteiger partial charge in [-0.2, -0.15) is 0 Å². The molecule has 1 aliphatic carbocycles. The molecular formula is C31H29NO7. The van der Waals surface area contributed by atoms with Crippen molar-refractivity contribution in [2.45, 2.75) is 39.7 Å². The number of carbonyl (C=O) groups is 3. The fourth-order valence-corrected chi connectivity index (χ4v) is 5.41. The van der Waals surface area contributed by atoms with Gasteiger partial charge >= 0.3 is 0 Å². The highest BCUT2D eigenvalue weighted by molar-refractivity contribution is 6.25. The summed E-state index contributed by atoms with van der Waals surface area (Å²) in [6.07, 6.45) is 1.25. The van der Waals surface area contributed by atoms with E-state index in [2.05, 4.69) is 5.32 Å². The summed E-state index contributed by atoms with van der Waals surface area (Å²) >= 11 is 0. The summed E-state index contributed by atoms with van der Waals surface area (Å²) in [7, 11) is 1.43. The third-order valence-electron chi connectivity index (χ3n) is 7.42. The van der Waals surface area contributed by atoms with Crippen molar-refractivity contribution < 1.29 is 33.7 Å². The molecule has 0 radical (unpaired) electrons. The Morgan fingerprint density at radius 1 is 1.13 bits per heavy atom. The van der Waals surface area contributed by atoms with Crippen LogP contribution in [-0.2, 0) is 21.5 Å². The van der Waals surface area contributed by atoms with Crippen molar-refractivity contribution in [2.24, 2.45) is 0 Å². The van der Waals surface area contributed by atoms with Crippen LogP contribution in [0.1, 0.15) is 47.8 Å². The number of carbonyl (C=O) groups excluding carboxylic acids is 3. The van der Waals surface area contributed by atoms with E-state index in [1.807, 2.05) is 43.3 Å². The molecule has 0 spiro atoms. The standard InChI is InChI=1S/C31H29NO7/c1-6-38-23-14-22(37-5)26(30(36)32-15-20-16(2)11-12-18-9-7-8-10-19(18)20)28-27(23)31(4)24(39-28)13-21(34)25(17(3)33)29(31)35/h7-14,34H,6,15H2,1-5H3,(H,32,36)/t31-/m1/s1. The number of hydrogen-bond acceptors (Lipinski definition) is 7. The molecule has 2 aliphatic rings. The minimum Gasteiger partial charge on any atom is -0.507 e. The second kappa shape index (κ2) is 9.62. The Morgan fingerprint density at radius 3 is 2.56 bits per heavy atom. The first-order chi connectivity index (χ1) is 18.6. The molecule has 8 nitrogen and oxygen atoms in total. The number of fused-ring (bicyclic) bond motifs is 4. The van der Waals surface area contributed by atoms with Gasteiger partial charge in [-0.3, -0.25) is 14.4 Å². The highest BCUT2D eigenvalue weighted by Gasteiger charge is 2.55. The van der Waals surface area contributed by atoms with Crippen molar-refractivity contribution in [2.75, 3.05) is 13.7 Å². The van der Waals surface area contributed by atoms with Gasteiger partial charge in [-0.15, -0.1) is 0 Å². The molecular weight excluding hydrogens is 498 g/mol. The zero-order valence-corrected chi connectivity index (χ0v) is 22.4. The van der Waals surface area contributed by atoms with Gasteiger partial charge in [0.15, 0.2) is 17.3 Å². The number of benzene rings is 3. The van der Waals surface area contributed by atoms with E-state index in [1.165, 1.54) is 20.1 Å². The predicted molar refractivity (Wildman–Crippen MR) is 145 cm³/mol. The van der Waals surface area contributed by atoms with Gasteiger partial charge < -0.3 is 24.6 Å². The fourth-order valence-electron chi connectivity index (χ4n) is 5.41. The zero-order valence-electron chi connectivity index (χ0n) is 22.4. The fraction of sp³-hybridized carbons (Fsp3) is 0.258. The summed E-state index contributed by atoms with van der Waals surface area (Å²) in [6.45, 7) is 7.10. The number of hydrogen-bond donors (Lipinski definition) is 2. The van der Waals surface area contributed by atoms with Crippen LogP contribution in [0.25, 0.3) is 10.8 Å². The number of amides is 1. The molecule has 1 atom stereocenters. The average molecular weight is 528 g/mol. The van der Waals surface area contributed by atoms with Crippen LogP contribution in [0.2, 0.25) is 0 Å². The number of ether oxygens (including phenoxy) is 3. The largest absolute Gasteiger partial charge is 0.507 e. The molecule has 0 bridgehead atoms. The average Bonchev–Trinajstić information content (AvgIpc) is 3.20. The molecule has 2 N–H and O–H groups in total. The molecule has 0 saturated heterocycles. The lowest BCUT2D eigenvalue weighted by molar-refractivity contribution is -0.123. The molecule has 0 unspecified atom stereocenters. The van der Waals surface area contributed by atoms with Crippen molar-refractivity contribution in [3.63, 3.8) is 0 Å². The normalized spacial score (nSPS) is 17.8. The van der Waals surface area contributed by atoms with Crippen LogP contribution in [0.3, 0.4) is 0 Å². The number of methoxy groups -OCH3 is 1. The quantitative estimate of drug-likeness (QED) is 0.416. The summed E-state index contributed by atoms with van der Waals surface area (Å²) in [5, 5.41) is 15.6. The SMILES string of the molecule is CCOc1cc(OC)c(C(=O)NCc2c(C)ccc3ccccc23)c2c1[C@]1(C)C(=O)C(C(C)=O)=C(O)C=C1O2. The molecule has 1 aliphatic heterocycles. The van der Waals surface area contributed by atoms with Crippen LogP contribution in [0.15, 0.2) is 65.6 Å². The van der Waals surface area contributed by atoms with E-state index in [0.717, 1.165) is 21.9 Å². The van der Waals surface area contributed by atoms with Gasteiger partial charge in [0.25, 0.3) is 5.91 Å². The summed E-state index contributed by atoms with van der Waals surface area (Å²) in [6, 6.07) is 13.5. The second-order valence-corrected chi connectivity index (χ2v) is 9.74. The molecule has 0 fully saturated rings. The Kier molecular flexibility index (Phi) is 6.42. The molecule has 3 aromatic rings. The van der Waals surface area contributed by atoms with Crippen LogP contribution in [0.5, 0.6) is 17.2 Å². The van der Waals surface area contributed by atoms with E-state index < -0.39 is 28.6 Å². The molecule has 0 saturated carbocycles. The minimum absolute atomic E-state index is 0.0852. The van der Waals surface area contributed by atoms with Crippen LogP contribution in [0.4, 0.5) is 0 Å². The van der Waals surface area contributed by atoms with Crippen molar-refractivity contribution in [3.05, 3.63) is 87.9 Å². The first kappa shape index (κ1) is 26.0. The lowest BCUT2D eigenvalue weighted by Crippen LogP contribution is -2.39. The van der Waals surface area contributed by atoms with Gasteiger partial charge in [0, 0.05) is 18.7 Å². The Bertz CT molecular complexity index is 1630. The van der Waals surface area contributed by atoms with Gasteiger partial charge in [-0.25, -0.2) is 0 Å². The smallest absolute Gasteiger partial charge is 0.259 e. The van der Waals surface area contributed by atoms with E-state index >= 15 is 0 Å². The molecule has 200 valence electrons. The Labute approximate surface area is 225 Å². The van der Waals surface area contributed by atoms with Crippen molar-refractivity contribution >= 4 is 28.2 Å². The first-order valence-electron chi connectivity index (χ1n) is 12.7. The van der Waals surface area contributed by atoms with E-state index in [4.69, 9.17) is 14.2 Å². The maximum atomic E-state index is 13.8. The van der Waals surface area contributed by atoms with Gasteiger partial charge in [0.2, 0.25) is 0 Å². The van der Waals surface area contributed by atoms with Gasteiger partial charge in [0.05, 0.1) is 19.3 Å². The maximum Gasteiger partial charge on any atom is 0.259 e. The van der Waals surface area contributed by atoms with Gasteiger partial charge in [0.1, 0.15) is 39.6 Å². The van der Waals surface area contributed by atoms with Crippen molar-refractivity contribution in [1.82, 2.24) is 5.32 Å². The van der Waals surface area contributed by atoms with Gasteiger partial charge in [-0.1, -0.05) is 36.4 Å². The third kappa shape index (κ3) is 3.94. The molecule has 0 aromatic heterocycles. The molecule has 39 heavy (non-hydrogen) atoms. The molecule has 5 rings (SSSR count). The number of Topliss-reactive ketones (excluding diaryl/α,β-unsaturated/α-hetero) is 2. The minimum atomic E-state index is -1.49. The topological polar surface area (TPSA) is 111 Å². The number of allylic oxidation sites excluding steroid dienone is 3. The maximum absolute atomic E-state index is 13.8. The van der Waals surface area contributed by atoms with Crippen LogP contribution in [-0.4, -0.2) is 36.3 Å². The Balaban J connectivity index is 1.62.